The minimum atomic E-state index is -0.367. The first-order valence-corrected chi connectivity index (χ1v) is 3.48. The summed E-state index contributed by atoms with van der Waals surface area (Å²) in [7, 11) is 0. The van der Waals surface area contributed by atoms with Crippen molar-refractivity contribution in [1.82, 2.24) is 0 Å². The predicted octanol–water partition coefficient (Wildman–Crippen LogP) is 0.191. The van der Waals surface area contributed by atoms with Gasteiger partial charge in [0.2, 0.25) is 0 Å². The third-order valence-electron chi connectivity index (χ3n) is 1.79. The second kappa shape index (κ2) is 3.00. The zero-order valence-corrected chi connectivity index (χ0v) is 6.72. The summed E-state index contributed by atoms with van der Waals surface area (Å²) in [4.78, 5) is 0. The minimum absolute atomic E-state index is 0.367. The lowest BCUT2D eigenvalue weighted by molar-refractivity contribution is -0.789. The molecule has 0 fully saturated rings. The molecule has 0 saturated carbocycles. The van der Waals surface area contributed by atoms with Crippen molar-refractivity contribution in [3.8, 4) is 0 Å². The quantitative estimate of drug-likeness (QED) is 0.446. The maximum atomic E-state index is 10.7. The highest BCUT2D eigenvalue weighted by molar-refractivity contribution is 5.37. The molecule has 0 heterocycles. The number of nitrogens with two attached hydrogens (primary N) is 1. The molecule has 3 N–H and O–H groups in total. The lowest BCUT2D eigenvalue weighted by Crippen LogP contribution is -3.08. The molecule has 0 aliphatic carbocycles. The molecule has 0 spiro atoms. The number of aryl methyl sites for hydroxylation is 2. The van der Waals surface area contributed by atoms with E-state index in [1.54, 1.807) is 12.1 Å². The van der Waals surface area contributed by atoms with Crippen molar-refractivity contribution in [2.45, 2.75) is 13.8 Å². The Morgan fingerprint density at radius 2 is 1.91 bits per heavy atom. The molecular weight excluding hydrogens is 140 g/mol. The Labute approximate surface area is 66.0 Å². The van der Waals surface area contributed by atoms with E-state index >= 15 is 0 Å². The third-order valence-corrected chi connectivity index (χ3v) is 1.79. The molecule has 1 rings (SSSR count). The number of hydrogen-bond donors (Lipinski definition) is 2. The Hall–Kier alpha value is -0.900. The third kappa shape index (κ3) is 1.77. The van der Waals surface area contributed by atoms with Gasteiger partial charge < -0.3 is 5.21 Å². The highest BCUT2D eigenvalue weighted by Crippen LogP contribution is 2.09. The van der Waals surface area contributed by atoms with Crippen LogP contribution < -0.4 is 11.0 Å². The van der Waals surface area contributed by atoms with Gasteiger partial charge in [-0.3, -0.25) is 5.17 Å². The molecule has 60 valence electrons. The zero-order chi connectivity index (χ0) is 8.43. The van der Waals surface area contributed by atoms with Crippen molar-refractivity contribution in [1.29, 1.82) is 0 Å². The van der Waals surface area contributed by atoms with E-state index in [0.29, 0.717) is 5.69 Å². The summed E-state index contributed by atoms with van der Waals surface area (Å²) in [5.41, 5.74) is 2.85. The van der Waals surface area contributed by atoms with Gasteiger partial charge in [-0.25, -0.2) is 0 Å². The number of hydrogen-bond acceptors (Lipinski definition) is 2. The molecule has 3 nitrogen and oxygen atoms in total. The minimum Gasteiger partial charge on any atom is -0.608 e. The van der Waals surface area contributed by atoms with Crippen LogP contribution in [0.15, 0.2) is 18.2 Å². The molecule has 11 heavy (non-hydrogen) atoms. The van der Waals surface area contributed by atoms with Crippen LogP contribution in [0.2, 0.25) is 0 Å². The summed E-state index contributed by atoms with van der Waals surface area (Å²) in [6, 6.07) is 5.44. The van der Waals surface area contributed by atoms with Crippen LogP contribution in [0.25, 0.3) is 0 Å². The molecule has 0 aromatic heterocycles. The van der Waals surface area contributed by atoms with Crippen molar-refractivity contribution < 1.29 is 5.17 Å². The monoisotopic (exact) mass is 152 g/mol. The van der Waals surface area contributed by atoms with Gasteiger partial charge in [0.25, 0.3) is 0 Å². The van der Waals surface area contributed by atoms with Gasteiger partial charge in [-0.05, 0) is 25.0 Å². The molecule has 3 heteroatoms. The summed E-state index contributed by atoms with van der Waals surface area (Å²) in [5, 5.41) is 10.3. The zero-order valence-electron chi connectivity index (χ0n) is 6.72. The Morgan fingerprint density at radius 1 is 1.27 bits per heavy atom. The molecule has 1 atom stereocenters. The second-order valence-electron chi connectivity index (χ2n) is 2.66. The van der Waals surface area contributed by atoms with Crippen molar-refractivity contribution in [2.75, 3.05) is 0 Å². The van der Waals surface area contributed by atoms with Gasteiger partial charge in [0, 0.05) is 12.1 Å². The van der Waals surface area contributed by atoms with Crippen molar-refractivity contribution >= 4 is 5.69 Å². The number of nitrogen functional groups attached to an aromatic ring is 1. The van der Waals surface area contributed by atoms with E-state index in [1.807, 2.05) is 19.9 Å². The molecule has 1 aromatic carbocycles. The first-order valence-electron chi connectivity index (χ1n) is 3.48. The van der Waals surface area contributed by atoms with Gasteiger partial charge in [0.1, 0.15) is 0 Å². The number of nitrogens with one attached hydrogen (secondary N) is 1. The van der Waals surface area contributed by atoms with Gasteiger partial charge in [-0.2, -0.15) is 5.84 Å². The normalized spacial score (nSPS) is 13.1. The molecule has 0 aliphatic rings. The molecule has 0 bridgehead atoms. The maximum absolute atomic E-state index is 10.7. The van der Waals surface area contributed by atoms with Gasteiger partial charge >= 0.3 is 0 Å². The average Bonchev–Trinajstić information content (AvgIpc) is 1.94. The average molecular weight is 152 g/mol. The van der Waals surface area contributed by atoms with E-state index in [-0.39, 0.29) is 5.17 Å². The van der Waals surface area contributed by atoms with Gasteiger partial charge in [-0.1, -0.05) is 6.07 Å². The summed E-state index contributed by atoms with van der Waals surface area (Å²) >= 11 is 0. The van der Waals surface area contributed by atoms with Crippen molar-refractivity contribution in [3.05, 3.63) is 34.5 Å². The fourth-order valence-electron chi connectivity index (χ4n) is 0.895. The van der Waals surface area contributed by atoms with Crippen LogP contribution in [-0.4, -0.2) is 0 Å². The van der Waals surface area contributed by atoms with E-state index in [4.69, 9.17) is 5.84 Å². The fourth-order valence-corrected chi connectivity index (χ4v) is 0.895. The first-order chi connectivity index (χ1) is 5.11. The second-order valence-corrected chi connectivity index (χ2v) is 2.66. The van der Waals surface area contributed by atoms with Gasteiger partial charge in [0.05, 0.1) is 0 Å². The summed E-state index contributed by atoms with van der Waals surface area (Å²) in [5.74, 6) is 5.09. The summed E-state index contributed by atoms with van der Waals surface area (Å²) in [6.45, 7) is 3.96. The first kappa shape index (κ1) is 8.20. The topological polar surface area (TPSA) is 53.5 Å². The smallest absolute Gasteiger partial charge is 0.150 e. The molecule has 0 radical (unpaired) electrons. The summed E-state index contributed by atoms with van der Waals surface area (Å²) < 4.78 is 0. The van der Waals surface area contributed by atoms with Crippen LogP contribution in [-0.2, 0) is 0 Å². The van der Waals surface area contributed by atoms with Crippen molar-refractivity contribution in [3.63, 3.8) is 0 Å². The van der Waals surface area contributed by atoms with E-state index in [9.17, 15) is 5.21 Å². The Bertz CT molecular complexity index is 258. The Morgan fingerprint density at radius 3 is 2.36 bits per heavy atom. The SMILES string of the molecule is Cc1ccc([NH+](N)[O-])cc1C. The highest BCUT2D eigenvalue weighted by Gasteiger charge is 1.98. The van der Waals surface area contributed by atoms with E-state index in [0.717, 1.165) is 5.56 Å². The van der Waals surface area contributed by atoms with Crippen LogP contribution >= 0.6 is 0 Å². The Kier molecular flexibility index (Phi) is 2.24. The molecule has 0 amide bonds. The predicted molar refractivity (Wildman–Crippen MR) is 44.1 cm³/mol. The van der Waals surface area contributed by atoms with E-state index in [2.05, 4.69) is 0 Å². The molecule has 1 aromatic rings. The van der Waals surface area contributed by atoms with E-state index in [1.165, 1.54) is 5.56 Å². The van der Waals surface area contributed by atoms with Crippen LogP contribution in [0.3, 0.4) is 0 Å². The fraction of sp³-hybridized carbons (Fsp3) is 0.250. The van der Waals surface area contributed by atoms with Gasteiger partial charge in [-0.15, -0.1) is 0 Å². The largest absolute Gasteiger partial charge is 0.608 e. The van der Waals surface area contributed by atoms with E-state index < -0.39 is 0 Å². The van der Waals surface area contributed by atoms with Crippen LogP contribution in [0, 0.1) is 19.1 Å². The molecule has 0 saturated heterocycles. The maximum Gasteiger partial charge on any atom is 0.150 e. The molecule has 0 aliphatic heterocycles. The molecule has 1 unspecified atom stereocenters. The Balaban J connectivity index is 3.05. The lowest BCUT2D eigenvalue weighted by Gasteiger charge is -2.14. The van der Waals surface area contributed by atoms with Gasteiger partial charge in [0.15, 0.2) is 5.69 Å². The lowest BCUT2D eigenvalue weighted by atomic mass is 10.1. The molecular formula is C8H12N2O. The van der Waals surface area contributed by atoms with Crippen LogP contribution in [0.5, 0.6) is 0 Å². The number of quaternary nitrogens is 1. The van der Waals surface area contributed by atoms with Crippen molar-refractivity contribution in [2.24, 2.45) is 5.84 Å². The number of rotatable bonds is 1. The standard InChI is InChI=1S/C8H12N2O/c1-6-3-4-8(10(9)11)5-7(6)2/h3-5,10H,9H2,1-2H3. The highest BCUT2D eigenvalue weighted by atomic mass is 16.5. The van der Waals surface area contributed by atoms with Crippen LogP contribution in [0.4, 0.5) is 5.69 Å². The van der Waals surface area contributed by atoms with Crippen LogP contribution in [0.1, 0.15) is 11.1 Å². The number of benzene rings is 1. The summed E-state index contributed by atoms with van der Waals surface area (Å²) in [6.07, 6.45) is 0.